The topological polar surface area (TPSA) is 76.7 Å². The van der Waals surface area contributed by atoms with Crippen LogP contribution in [-0.2, 0) is 9.59 Å². The highest BCUT2D eigenvalue weighted by molar-refractivity contribution is 5.91. The lowest BCUT2D eigenvalue weighted by molar-refractivity contribution is -0.119. The van der Waals surface area contributed by atoms with E-state index in [0.717, 1.165) is 5.56 Å². The molecule has 0 aliphatic carbocycles. The van der Waals surface area contributed by atoms with Gasteiger partial charge in [-0.3, -0.25) is 9.59 Å². The summed E-state index contributed by atoms with van der Waals surface area (Å²) >= 11 is 0. The number of hydrogen-bond donors (Lipinski definition) is 2. The highest BCUT2D eigenvalue weighted by Gasteiger charge is 2.03. The molecule has 114 valence electrons. The van der Waals surface area contributed by atoms with Gasteiger partial charge in [-0.2, -0.15) is 0 Å². The van der Waals surface area contributed by atoms with Crippen molar-refractivity contribution in [1.82, 2.24) is 10.6 Å². The molecule has 0 unspecified atom stereocenters. The van der Waals surface area contributed by atoms with Gasteiger partial charge >= 0.3 is 0 Å². The number of methoxy groups -OCH3 is 2. The highest BCUT2D eigenvalue weighted by atomic mass is 16.5. The minimum atomic E-state index is -0.227. The molecule has 0 bridgehead atoms. The molecule has 6 nitrogen and oxygen atoms in total. The first kappa shape index (κ1) is 16.6. The average molecular weight is 292 g/mol. The van der Waals surface area contributed by atoms with E-state index in [2.05, 4.69) is 10.6 Å². The zero-order valence-electron chi connectivity index (χ0n) is 12.4. The summed E-state index contributed by atoms with van der Waals surface area (Å²) in [6.45, 7) is 2.22. The minimum Gasteiger partial charge on any atom is -0.493 e. The Morgan fingerprint density at radius 1 is 1.10 bits per heavy atom. The maximum Gasteiger partial charge on any atom is 0.244 e. The first-order valence-electron chi connectivity index (χ1n) is 6.49. The molecule has 2 amide bonds. The minimum absolute atomic E-state index is 0.120. The maximum absolute atomic E-state index is 11.6. The van der Waals surface area contributed by atoms with Crippen molar-refractivity contribution in [3.05, 3.63) is 29.8 Å². The molecule has 0 radical (unpaired) electrons. The summed E-state index contributed by atoms with van der Waals surface area (Å²) in [5.41, 5.74) is 0.824. The van der Waals surface area contributed by atoms with Gasteiger partial charge in [-0.15, -0.1) is 0 Å². The van der Waals surface area contributed by atoms with Gasteiger partial charge in [-0.1, -0.05) is 6.07 Å². The third-order valence-electron chi connectivity index (χ3n) is 2.63. The van der Waals surface area contributed by atoms with Gasteiger partial charge in [0.1, 0.15) is 0 Å². The van der Waals surface area contributed by atoms with Crippen LogP contribution in [0.15, 0.2) is 24.3 Å². The third-order valence-corrected chi connectivity index (χ3v) is 2.63. The van der Waals surface area contributed by atoms with Crippen molar-refractivity contribution in [2.24, 2.45) is 0 Å². The molecule has 0 aromatic heterocycles. The molecule has 6 heteroatoms. The van der Waals surface area contributed by atoms with E-state index in [1.54, 1.807) is 32.4 Å². The van der Waals surface area contributed by atoms with Crippen molar-refractivity contribution in [1.29, 1.82) is 0 Å². The molecular weight excluding hydrogens is 272 g/mol. The zero-order valence-corrected chi connectivity index (χ0v) is 12.4. The van der Waals surface area contributed by atoms with Gasteiger partial charge in [0, 0.05) is 26.1 Å². The Balaban J connectivity index is 2.52. The molecule has 0 heterocycles. The lowest BCUT2D eigenvalue weighted by Crippen LogP contribution is -2.32. The van der Waals surface area contributed by atoms with Crippen LogP contribution in [0, 0.1) is 0 Å². The SMILES string of the molecule is COc1ccc(C=CC(=O)NCCNC(C)=O)cc1OC. The number of benzene rings is 1. The second kappa shape index (κ2) is 8.63. The van der Waals surface area contributed by atoms with Crippen LogP contribution in [0.2, 0.25) is 0 Å². The Morgan fingerprint density at radius 2 is 1.76 bits per heavy atom. The summed E-state index contributed by atoms with van der Waals surface area (Å²) in [5, 5.41) is 5.26. The largest absolute Gasteiger partial charge is 0.493 e. The number of hydrogen-bond acceptors (Lipinski definition) is 4. The fourth-order valence-corrected chi connectivity index (χ4v) is 1.61. The summed E-state index contributed by atoms with van der Waals surface area (Å²) in [6.07, 6.45) is 3.10. The Kier molecular flexibility index (Phi) is 6.80. The van der Waals surface area contributed by atoms with Gasteiger partial charge in [0.2, 0.25) is 11.8 Å². The molecule has 2 N–H and O–H groups in total. The fraction of sp³-hybridized carbons (Fsp3) is 0.333. The maximum atomic E-state index is 11.6. The van der Waals surface area contributed by atoms with E-state index in [-0.39, 0.29) is 11.8 Å². The second-order valence-electron chi connectivity index (χ2n) is 4.22. The van der Waals surface area contributed by atoms with Crippen molar-refractivity contribution < 1.29 is 19.1 Å². The van der Waals surface area contributed by atoms with Crippen LogP contribution in [-0.4, -0.2) is 39.1 Å². The van der Waals surface area contributed by atoms with Gasteiger partial charge in [-0.05, 0) is 23.8 Å². The van der Waals surface area contributed by atoms with Crippen LogP contribution in [0.4, 0.5) is 0 Å². The lowest BCUT2D eigenvalue weighted by atomic mass is 10.2. The predicted octanol–water partition coefficient (Wildman–Crippen LogP) is 0.969. The van der Waals surface area contributed by atoms with E-state index in [9.17, 15) is 9.59 Å². The lowest BCUT2D eigenvalue weighted by Gasteiger charge is -2.07. The summed E-state index contributed by atoms with van der Waals surface area (Å²) in [6, 6.07) is 5.37. The molecule has 0 atom stereocenters. The van der Waals surface area contributed by atoms with Gasteiger partial charge in [0.25, 0.3) is 0 Å². The van der Waals surface area contributed by atoms with Crippen LogP contribution in [0.25, 0.3) is 6.08 Å². The smallest absolute Gasteiger partial charge is 0.244 e. The Bertz CT molecular complexity index is 526. The molecule has 0 saturated heterocycles. The summed E-state index contributed by atoms with van der Waals surface area (Å²) < 4.78 is 10.3. The van der Waals surface area contributed by atoms with E-state index in [0.29, 0.717) is 24.6 Å². The van der Waals surface area contributed by atoms with Crippen molar-refractivity contribution >= 4 is 17.9 Å². The Labute approximate surface area is 124 Å². The average Bonchev–Trinajstić information content (AvgIpc) is 2.48. The summed E-state index contributed by atoms with van der Waals surface area (Å²) in [4.78, 5) is 22.2. The normalized spacial score (nSPS) is 10.2. The van der Waals surface area contributed by atoms with E-state index in [1.165, 1.54) is 13.0 Å². The summed E-state index contributed by atoms with van der Waals surface area (Å²) in [7, 11) is 3.12. The number of nitrogens with one attached hydrogen (secondary N) is 2. The van der Waals surface area contributed by atoms with Gasteiger partial charge < -0.3 is 20.1 Å². The molecule has 0 aliphatic heterocycles. The van der Waals surface area contributed by atoms with Gasteiger partial charge in [0.15, 0.2) is 11.5 Å². The quantitative estimate of drug-likeness (QED) is 0.580. The first-order chi connectivity index (χ1) is 10.1. The molecule has 1 aromatic rings. The van der Waals surface area contributed by atoms with E-state index < -0.39 is 0 Å². The molecular formula is C15H20N2O4. The summed E-state index contributed by atoms with van der Waals surface area (Å²) in [5.74, 6) is 0.889. The predicted molar refractivity (Wildman–Crippen MR) is 80.3 cm³/mol. The molecule has 1 aromatic carbocycles. The fourth-order valence-electron chi connectivity index (χ4n) is 1.61. The number of carbonyl (C=O) groups excluding carboxylic acids is 2. The Hall–Kier alpha value is -2.50. The van der Waals surface area contributed by atoms with Gasteiger partial charge in [0.05, 0.1) is 14.2 Å². The molecule has 1 rings (SSSR count). The third kappa shape index (κ3) is 5.99. The Morgan fingerprint density at radius 3 is 2.38 bits per heavy atom. The van der Waals surface area contributed by atoms with Crippen LogP contribution in [0.1, 0.15) is 12.5 Å². The van der Waals surface area contributed by atoms with Crippen molar-refractivity contribution in [2.45, 2.75) is 6.92 Å². The van der Waals surface area contributed by atoms with Crippen molar-refractivity contribution in [3.63, 3.8) is 0 Å². The van der Waals surface area contributed by atoms with E-state index in [1.807, 2.05) is 6.07 Å². The molecule has 0 aliphatic rings. The molecule has 0 fully saturated rings. The zero-order chi connectivity index (χ0) is 15.7. The van der Waals surface area contributed by atoms with Crippen LogP contribution < -0.4 is 20.1 Å². The highest BCUT2D eigenvalue weighted by Crippen LogP contribution is 2.27. The molecule has 21 heavy (non-hydrogen) atoms. The number of amides is 2. The van der Waals surface area contributed by atoms with E-state index in [4.69, 9.17) is 9.47 Å². The van der Waals surface area contributed by atoms with Crippen LogP contribution >= 0.6 is 0 Å². The number of rotatable bonds is 7. The monoisotopic (exact) mass is 292 g/mol. The van der Waals surface area contributed by atoms with Crippen LogP contribution in [0.5, 0.6) is 11.5 Å². The van der Waals surface area contributed by atoms with Crippen molar-refractivity contribution in [2.75, 3.05) is 27.3 Å². The molecule has 0 saturated carbocycles. The van der Waals surface area contributed by atoms with Crippen LogP contribution in [0.3, 0.4) is 0 Å². The molecule has 0 spiro atoms. The first-order valence-corrected chi connectivity index (χ1v) is 6.49. The number of carbonyl (C=O) groups is 2. The standard InChI is InChI=1S/C15H20N2O4/c1-11(18)16-8-9-17-15(19)7-5-12-4-6-13(20-2)14(10-12)21-3/h4-7,10H,8-9H2,1-3H3,(H,16,18)(H,17,19). The number of ether oxygens (including phenoxy) is 2. The van der Waals surface area contributed by atoms with E-state index >= 15 is 0 Å². The van der Waals surface area contributed by atoms with Gasteiger partial charge in [-0.25, -0.2) is 0 Å². The van der Waals surface area contributed by atoms with Crippen molar-refractivity contribution in [3.8, 4) is 11.5 Å². The second-order valence-corrected chi connectivity index (χ2v) is 4.22.